The van der Waals surface area contributed by atoms with Gasteiger partial charge in [0.15, 0.2) is 17.5 Å². The smallest absolute Gasteiger partial charge is 0.164 e. The molecule has 0 N–H and O–H groups in total. The molecular formula is C51H29N3O2. The highest BCUT2D eigenvalue weighted by Crippen LogP contribution is 2.46. The van der Waals surface area contributed by atoms with Gasteiger partial charge in [-0.2, -0.15) is 0 Å². The summed E-state index contributed by atoms with van der Waals surface area (Å²) in [7, 11) is 0. The van der Waals surface area contributed by atoms with Crippen LogP contribution in [0.3, 0.4) is 0 Å². The zero-order valence-electron chi connectivity index (χ0n) is 29.9. The minimum absolute atomic E-state index is 0.582. The number of benzene rings is 9. The highest BCUT2D eigenvalue weighted by atomic mass is 16.3. The molecule has 0 bridgehead atoms. The monoisotopic (exact) mass is 715 g/mol. The Morgan fingerprint density at radius 1 is 0.304 bits per heavy atom. The van der Waals surface area contributed by atoms with Crippen LogP contribution in [0.2, 0.25) is 0 Å². The summed E-state index contributed by atoms with van der Waals surface area (Å²) >= 11 is 0. The lowest BCUT2D eigenvalue weighted by molar-refractivity contribution is 0.670. The summed E-state index contributed by atoms with van der Waals surface area (Å²) in [6, 6.07) is 60.8. The van der Waals surface area contributed by atoms with Crippen LogP contribution in [-0.4, -0.2) is 15.0 Å². The van der Waals surface area contributed by atoms with Crippen LogP contribution in [0.15, 0.2) is 185 Å². The second kappa shape index (κ2) is 11.9. The Bertz CT molecular complexity index is 3550. The molecule has 0 amide bonds. The van der Waals surface area contributed by atoms with Crippen LogP contribution in [-0.2, 0) is 0 Å². The first-order valence-corrected chi connectivity index (χ1v) is 18.8. The first-order chi connectivity index (χ1) is 27.8. The van der Waals surface area contributed by atoms with Gasteiger partial charge in [0, 0.05) is 49.2 Å². The summed E-state index contributed by atoms with van der Waals surface area (Å²) in [5.41, 5.74) is 8.11. The van der Waals surface area contributed by atoms with Crippen LogP contribution in [0.4, 0.5) is 0 Å². The quantitative estimate of drug-likeness (QED) is 0.170. The van der Waals surface area contributed by atoms with E-state index in [1.807, 2.05) is 54.6 Å². The van der Waals surface area contributed by atoms with Crippen molar-refractivity contribution in [3.05, 3.63) is 176 Å². The zero-order valence-corrected chi connectivity index (χ0v) is 29.9. The van der Waals surface area contributed by atoms with Crippen LogP contribution in [0, 0.1) is 0 Å². The fraction of sp³-hybridized carbons (Fsp3) is 0. The maximum absolute atomic E-state index is 6.88. The van der Waals surface area contributed by atoms with Gasteiger partial charge in [0.2, 0.25) is 0 Å². The van der Waals surface area contributed by atoms with E-state index in [0.717, 1.165) is 98.6 Å². The number of rotatable bonds is 4. The first kappa shape index (κ1) is 30.8. The number of para-hydroxylation sites is 2. The molecule has 12 rings (SSSR count). The zero-order chi connectivity index (χ0) is 36.7. The molecule has 5 nitrogen and oxygen atoms in total. The summed E-state index contributed by atoms with van der Waals surface area (Å²) < 4.78 is 13.5. The minimum atomic E-state index is 0.582. The van der Waals surface area contributed by atoms with Crippen molar-refractivity contribution < 1.29 is 8.83 Å². The van der Waals surface area contributed by atoms with E-state index in [1.54, 1.807) is 0 Å². The summed E-state index contributed by atoms with van der Waals surface area (Å²) in [4.78, 5) is 15.6. The van der Waals surface area contributed by atoms with Gasteiger partial charge in [-0.3, -0.25) is 0 Å². The number of fused-ring (bicyclic) bond motifs is 11. The number of hydrogen-bond donors (Lipinski definition) is 0. The minimum Gasteiger partial charge on any atom is -0.455 e. The van der Waals surface area contributed by atoms with Crippen molar-refractivity contribution in [2.45, 2.75) is 0 Å². The highest BCUT2D eigenvalue weighted by molar-refractivity contribution is 6.24. The largest absolute Gasteiger partial charge is 0.455 e. The molecule has 3 heterocycles. The first-order valence-electron chi connectivity index (χ1n) is 18.8. The molecule has 9 aromatic carbocycles. The Balaban J connectivity index is 1.13. The fourth-order valence-electron chi connectivity index (χ4n) is 8.59. The molecule has 56 heavy (non-hydrogen) atoms. The van der Waals surface area contributed by atoms with E-state index in [9.17, 15) is 0 Å². The summed E-state index contributed by atoms with van der Waals surface area (Å²) in [5, 5.41) is 10.9. The fourth-order valence-corrected chi connectivity index (χ4v) is 8.59. The van der Waals surface area contributed by atoms with E-state index in [4.69, 9.17) is 23.8 Å². The molecule has 0 aliphatic carbocycles. The van der Waals surface area contributed by atoms with Crippen LogP contribution < -0.4 is 0 Å². The van der Waals surface area contributed by atoms with E-state index >= 15 is 0 Å². The average molecular weight is 716 g/mol. The van der Waals surface area contributed by atoms with Gasteiger partial charge < -0.3 is 8.83 Å². The predicted molar refractivity (Wildman–Crippen MR) is 229 cm³/mol. The van der Waals surface area contributed by atoms with E-state index in [2.05, 4.69) is 121 Å². The molecule has 0 aliphatic heterocycles. The predicted octanol–water partition coefficient (Wildman–Crippen LogP) is 13.8. The maximum atomic E-state index is 6.88. The third-order valence-corrected chi connectivity index (χ3v) is 11.1. The van der Waals surface area contributed by atoms with E-state index in [1.165, 1.54) is 5.39 Å². The van der Waals surface area contributed by atoms with Crippen molar-refractivity contribution in [3.8, 4) is 45.3 Å². The van der Waals surface area contributed by atoms with Gasteiger partial charge in [0.05, 0.1) is 0 Å². The lowest BCUT2D eigenvalue weighted by Gasteiger charge is -2.12. The molecule has 0 aliphatic rings. The van der Waals surface area contributed by atoms with Gasteiger partial charge >= 0.3 is 0 Å². The van der Waals surface area contributed by atoms with Crippen LogP contribution in [0.1, 0.15) is 0 Å². The maximum Gasteiger partial charge on any atom is 0.164 e. The average Bonchev–Trinajstić information content (AvgIpc) is 3.86. The van der Waals surface area contributed by atoms with Crippen LogP contribution >= 0.6 is 0 Å². The summed E-state index contributed by atoms with van der Waals surface area (Å²) in [6.45, 7) is 0. The lowest BCUT2D eigenvalue weighted by atomic mass is 9.94. The molecule has 0 spiro atoms. The molecule has 0 atom stereocenters. The van der Waals surface area contributed by atoms with Gasteiger partial charge in [0.25, 0.3) is 0 Å². The Hall–Kier alpha value is -7.63. The Morgan fingerprint density at radius 3 is 1.70 bits per heavy atom. The molecular weight excluding hydrogens is 687 g/mol. The molecule has 0 radical (unpaired) electrons. The van der Waals surface area contributed by atoms with Crippen molar-refractivity contribution in [1.82, 2.24) is 15.0 Å². The molecule has 0 fully saturated rings. The van der Waals surface area contributed by atoms with Gasteiger partial charge in [-0.25, -0.2) is 15.0 Å². The van der Waals surface area contributed by atoms with Crippen LogP contribution in [0.25, 0.3) is 121 Å². The standard InChI is InChI=1S/C51H29N3O2/c1-2-14-30(15-3-1)49-52-50(54-51(53-49)42-29-31-16-4-6-18-33(31)35-20-8-9-21-36(35)42)40-25-13-27-44-45(40)39-24-12-23-37(47(39)56-44)41-28-32-17-5-7-19-34(32)48-46(41)38-22-10-11-26-43(38)55-48/h1-29H. The highest BCUT2D eigenvalue weighted by Gasteiger charge is 2.23. The molecule has 0 saturated heterocycles. The second-order valence-corrected chi connectivity index (χ2v) is 14.3. The van der Waals surface area contributed by atoms with Gasteiger partial charge in [-0.05, 0) is 56.8 Å². The number of furan rings is 2. The molecule has 12 aromatic rings. The van der Waals surface area contributed by atoms with Gasteiger partial charge in [-0.1, -0.05) is 152 Å². The summed E-state index contributed by atoms with van der Waals surface area (Å²) in [6.07, 6.45) is 0. The van der Waals surface area contributed by atoms with Crippen molar-refractivity contribution in [1.29, 1.82) is 0 Å². The van der Waals surface area contributed by atoms with E-state index < -0.39 is 0 Å². The van der Waals surface area contributed by atoms with E-state index in [0.29, 0.717) is 17.5 Å². The third-order valence-electron chi connectivity index (χ3n) is 11.1. The number of hydrogen-bond acceptors (Lipinski definition) is 5. The van der Waals surface area contributed by atoms with Crippen molar-refractivity contribution in [2.75, 3.05) is 0 Å². The molecule has 5 heteroatoms. The molecule has 0 saturated carbocycles. The topological polar surface area (TPSA) is 65.0 Å². The Labute approximate surface area is 320 Å². The Kier molecular flexibility index (Phi) is 6.56. The van der Waals surface area contributed by atoms with Crippen molar-refractivity contribution in [3.63, 3.8) is 0 Å². The Morgan fingerprint density at radius 2 is 0.857 bits per heavy atom. The molecule has 260 valence electrons. The number of aromatic nitrogens is 3. The van der Waals surface area contributed by atoms with Crippen molar-refractivity contribution >= 4 is 76.2 Å². The summed E-state index contributed by atoms with van der Waals surface area (Å²) in [5.74, 6) is 1.81. The third kappa shape index (κ3) is 4.58. The lowest BCUT2D eigenvalue weighted by Crippen LogP contribution is -2.01. The van der Waals surface area contributed by atoms with Gasteiger partial charge in [-0.15, -0.1) is 0 Å². The molecule has 0 unspecified atom stereocenters. The van der Waals surface area contributed by atoms with Gasteiger partial charge in [0.1, 0.15) is 22.3 Å². The SMILES string of the molecule is c1ccc(-c2nc(-c3cc4ccccc4c4ccccc34)nc(-c3cccc4oc5c(-c6cc7ccccc7c7oc8ccccc8c67)cccc5c34)n2)cc1. The van der Waals surface area contributed by atoms with E-state index in [-0.39, 0.29) is 0 Å². The molecule has 3 aromatic heterocycles. The normalized spacial score (nSPS) is 11.9. The van der Waals surface area contributed by atoms with Crippen molar-refractivity contribution in [2.24, 2.45) is 0 Å². The van der Waals surface area contributed by atoms with Crippen LogP contribution in [0.5, 0.6) is 0 Å². The second-order valence-electron chi connectivity index (χ2n) is 14.3. The number of nitrogens with zero attached hydrogens (tertiary/aromatic N) is 3.